The molecular weight excluding hydrogens is 150 g/mol. The van der Waals surface area contributed by atoms with Gasteiger partial charge in [-0.25, -0.2) is 8.42 Å². The molecule has 1 aliphatic heterocycles. The van der Waals surface area contributed by atoms with E-state index in [1.165, 1.54) is 0 Å². The van der Waals surface area contributed by atoms with Gasteiger partial charge in [0.2, 0.25) is 0 Å². The maximum Gasteiger partial charge on any atom is 0.164 e. The van der Waals surface area contributed by atoms with Gasteiger partial charge in [-0.2, -0.15) is 0 Å². The second-order valence-electron chi connectivity index (χ2n) is 3.11. The summed E-state index contributed by atoms with van der Waals surface area (Å²) in [6.07, 6.45) is 0. The molecule has 1 atom stereocenters. The summed E-state index contributed by atoms with van der Waals surface area (Å²) in [4.78, 5) is 0. The van der Waals surface area contributed by atoms with Gasteiger partial charge in [-0.15, -0.1) is 0 Å². The first-order valence-electron chi connectivity index (χ1n) is 3.45. The Morgan fingerprint density at radius 2 is 2.10 bits per heavy atom. The second kappa shape index (κ2) is 2.51. The van der Waals surface area contributed by atoms with Crippen LogP contribution >= 0.6 is 0 Å². The van der Waals surface area contributed by atoms with Gasteiger partial charge in [-0.3, -0.25) is 5.32 Å². The normalized spacial score (nSPS) is 31.3. The van der Waals surface area contributed by atoms with E-state index >= 15 is 0 Å². The summed E-state index contributed by atoms with van der Waals surface area (Å²) in [6, 6.07) is 0.171. The fourth-order valence-corrected chi connectivity index (χ4v) is 2.69. The van der Waals surface area contributed by atoms with E-state index in [0.29, 0.717) is 11.7 Å². The van der Waals surface area contributed by atoms with Gasteiger partial charge in [0.15, 0.2) is 9.84 Å². The molecule has 1 saturated heterocycles. The summed E-state index contributed by atoms with van der Waals surface area (Å²) in [7, 11) is -2.75. The third kappa shape index (κ3) is 1.70. The van der Waals surface area contributed by atoms with Gasteiger partial charge in [0.1, 0.15) is 0 Å². The summed E-state index contributed by atoms with van der Waals surface area (Å²) in [6.45, 7) is 4.05. The van der Waals surface area contributed by atoms with Crippen LogP contribution in [0.5, 0.6) is 0 Å². The lowest BCUT2D eigenvalue weighted by Crippen LogP contribution is -2.28. The minimum Gasteiger partial charge on any atom is -0.300 e. The van der Waals surface area contributed by atoms with E-state index in [2.05, 4.69) is 5.32 Å². The average molecular weight is 163 g/mol. The predicted octanol–water partition coefficient (Wildman–Crippen LogP) is -0.0135. The summed E-state index contributed by atoms with van der Waals surface area (Å²) in [5.74, 6) is 0.887. The molecule has 10 heavy (non-hydrogen) atoms. The van der Waals surface area contributed by atoms with Crippen molar-refractivity contribution in [2.24, 2.45) is 5.92 Å². The molecule has 1 aliphatic rings. The standard InChI is InChI=1S/C6H13NO2S/c1-5(2)6-3-10(8,9)4-7-6/h5-7H,3-4H2,1-2H3. The molecule has 0 amide bonds. The van der Waals surface area contributed by atoms with Crippen LogP contribution in [0, 0.1) is 5.92 Å². The molecule has 1 fully saturated rings. The van der Waals surface area contributed by atoms with Crippen molar-refractivity contribution in [3.05, 3.63) is 0 Å². The molecule has 1 unspecified atom stereocenters. The van der Waals surface area contributed by atoms with Crippen LogP contribution in [0.15, 0.2) is 0 Å². The van der Waals surface area contributed by atoms with E-state index in [1.54, 1.807) is 0 Å². The van der Waals surface area contributed by atoms with E-state index in [4.69, 9.17) is 0 Å². The van der Waals surface area contributed by atoms with Crippen molar-refractivity contribution in [3.8, 4) is 0 Å². The van der Waals surface area contributed by atoms with Crippen molar-refractivity contribution < 1.29 is 8.42 Å². The lowest BCUT2D eigenvalue weighted by Gasteiger charge is -2.11. The second-order valence-corrected chi connectivity index (χ2v) is 5.22. The molecule has 0 bridgehead atoms. The molecule has 0 spiro atoms. The highest BCUT2D eigenvalue weighted by molar-refractivity contribution is 7.91. The Kier molecular flexibility index (Phi) is 2.01. The van der Waals surface area contributed by atoms with Crippen molar-refractivity contribution >= 4 is 9.84 Å². The minimum absolute atomic E-state index is 0.163. The molecule has 3 nitrogen and oxygen atoms in total. The smallest absolute Gasteiger partial charge is 0.164 e. The minimum atomic E-state index is -2.75. The maximum atomic E-state index is 10.9. The highest BCUT2D eigenvalue weighted by atomic mass is 32.2. The number of rotatable bonds is 1. The fraction of sp³-hybridized carbons (Fsp3) is 1.00. The van der Waals surface area contributed by atoms with Crippen molar-refractivity contribution in [2.45, 2.75) is 19.9 Å². The molecule has 4 heteroatoms. The third-order valence-corrected chi connectivity index (χ3v) is 3.28. The van der Waals surface area contributed by atoms with E-state index in [9.17, 15) is 8.42 Å². The Bertz CT molecular complexity index is 208. The lowest BCUT2D eigenvalue weighted by molar-refractivity contribution is 0.473. The first kappa shape index (κ1) is 8.01. The highest BCUT2D eigenvalue weighted by Gasteiger charge is 2.28. The molecular formula is C6H13NO2S. The van der Waals surface area contributed by atoms with Crippen LogP contribution in [0.2, 0.25) is 0 Å². The molecule has 60 valence electrons. The van der Waals surface area contributed by atoms with E-state index in [1.807, 2.05) is 13.8 Å². The Morgan fingerprint density at radius 3 is 2.30 bits per heavy atom. The van der Waals surface area contributed by atoms with Crippen molar-refractivity contribution in [3.63, 3.8) is 0 Å². The number of sulfone groups is 1. The largest absolute Gasteiger partial charge is 0.300 e. The Morgan fingerprint density at radius 1 is 1.50 bits per heavy atom. The molecule has 0 aromatic heterocycles. The van der Waals surface area contributed by atoms with Gasteiger partial charge < -0.3 is 0 Å². The average Bonchev–Trinajstić information content (AvgIpc) is 2.10. The van der Waals surface area contributed by atoms with Crippen LogP contribution in [0.4, 0.5) is 0 Å². The van der Waals surface area contributed by atoms with Gasteiger partial charge in [-0.1, -0.05) is 13.8 Å². The molecule has 0 aromatic carbocycles. The molecule has 1 rings (SSSR count). The summed E-state index contributed by atoms with van der Waals surface area (Å²) >= 11 is 0. The summed E-state index contributed by atoms with van der Waals surface area (Å²) in [5.41, 5.74) is 0. The Balaban J connectivity index is 2.60. The Hall–Kier alpha value is -0.0900. The van der Waals surface area contributed by atoms with Gasteiger partial charge in [0.05, 0.1) is 11.6 Å². The molecule has 0 radical (unpaired) electrons. The molecule has 0 aliphatic carbocycles. The maximum absolute atomic E-state index is 10.9. The van der Waals surface area contributed by atoms with Gasteiger partial charge in [0.25, 0.3) is 0 Å². The molecule has 1 N–H and O–H groups in total. The van der Waals surface area contributed by atoms with Crippen molar-refractivity contribution in [2.75, 3.05) is 11.6 Å². The Labute approximate surface area is 61.7 Å². The van der Waals surface area contributed by atoms with Crippen LogP contribution in [0.25, 0.3) is 0 Å². The van der Waals surface area contributed by atoms with Crippen LogP contribution in [-0.4, -0.2) is 26.1 Å². The quantitative estimate of drug-likeness (QED) is 0.591. The van der Waals surface area contributed by atoms with Crippen LogP contribution in [0.3, 0.4) is 0 Å². The van der Waals surface area contributed by atoms with Crippen molar-refractivity contribution in [1.82, 2.24) is 5.32 Å². The lowest BCUT2D eigenvalue weighted by atomic mass is 10.1. The van der Waals surface area contributed by atoms with Crippen molar-refractivity contribution in [1.29, 1.82) is 0 Å². The summed E-state index contributed by atoms with van der Waals surface area (Å²) in [5, 5.41) is 2.96. The predicted molar refractivity (Wildman–Crippen MR) is 40.4 cm³/mol. The first-order chi connectivity index (χ1) is 4.51. The zero-order valence-electron chi connectivity index (χ0n) is 6.29. The van der Waals surface area contributed by atoms with Gasteiger partial charge >= 0.3 is 0 Å². The highest BCUT2D eigenvalue weighted by Crippen LogP contribution is 2.10. The fourth-order valence-electron chi connectivity index (χ4n) is 1.05. The van der Waals surface area contributed by atoms with Gasteiger partial charge in [0, 0.05) is 6.04 Å². The van der Waals surface area contributed by atoms with Crippen LogP contribution < -0.4 is 5.32 Å². The number of hydrogen-bond acceptors (Lipinski definition) is 3. The molecule has 0 aromatic rings. The van der Waals surface area contributed by atoms with E-state index < -0.39 is 9.84 Å². The monoisotopic (exact) mass is 163 g/mol. The number of nitrogens with one attached hydrogen (secondary N) is 1. The summed E-state index contributed by atoms with van der Waals surface area (Å²) < 4.78 is 21.8. The zero-order chi connectivity index (χ0) is 7.78. The first-order valence-corrected chi connectivity index (χ1v) is 5.27. The third-order valence-electron chi connectivity index (χ3n) is 1.80. The molecule has 1 heterocycles. The van der Waals surface area contributed by atoms with Gasteiger partial charge in [-0.05, 0) is 5.92 Å². The number of hydrogen-bond donors (Lipinski definition) is 1. The van der Waals surface area contributed by atoms with E-state index in [0.717, 1.165) is 0 Å². The van der Waals surface area contributed by atoms with E-state index in [-0.39, 0.29) is 11.9 Å². The zero-order valence-corrected chi connectivity index (χ0v) is 7.11. The van der Waals surface area contributed by atoms with Crippen LogP contribution in [0.1, 0.15) is 13.8 Å². The molecule has 0 saturated carbocycles. The van der Waals surface area contributed by atoms with Crippen LogP contribution in [-0.2, 0) is 9.84 Å². The SMILES string of the molecule is CC(C)C1CS(=O)(=O)CN1. The topological polar surface area (TPSA) is 46.2 Å².